The van der Waals surface area contributed by atoms with E-state index in [0.29, 0.717) is 11.3 Å². The van der Waals surface area contributed by atoms with Crippen LogP contribution in [-0.2, 0) is 0 Å². The summed E-state index contributed by atoms with van der Waals surface area (Å²) in [6.45, 7) is 1.54. The van der Waals surface area contributed by atoms with Crippen molar-refractivity contribution < 1.29 is 9.18 Å². The minimum atomic E-state index is -0.404. The molecule has 13 heavy (non-hydrogen) atoms. The second-order valence-electron chi connectivity index (χ2n) is 2.69. The maximum atomic E-state index is 13.0. The maximum absolute atomic E-state index is 13.0. The maximum Gasteiger partial charge on any atom is 0.175 e. The second-order valence-corrected chi connectivity index (χ2v) is 3.25. The molecule has 0 radical (unpaired) electrons. The number of halogens is 2. The van der Waals surface area contributed by atoms with Crippen LogP contribution in [0.3, 0.4) is 0 Å². The SMILES string of the molecule is Cc1c(F)ccc(N)c1C(=O)CBr. The number of benzene rings is 1. The fourth-order valence-electron chi connectivity index (χ4n) is 1.14. The molecule has 0 bridgehead atoms. The van der Waals surface area contributed by atoms with Crippen LogP contribution in [0.4, 0.5) is 10.1 Å². The van der Waals surface area contributed by atoms with Crippen LogP contribution < -0.4 is 5.73 Å². The van der Waals surface area contributed by atoms with E-state index in [9.17, 15) is 9.18 Å². The number of carbonyl (C=O) groups is 1. The number of nitrogen functional groups attached to an aromatic ring is 1. The monoisotopic (exact) mass is 245 g/mol. The minimum absolute atomic E-state index is 0.154. The van der Waals surface area contributed by atoms with Gasteiger partial charge < -0.3 is 5.73 Å². The first kappa shape index (κ1) is 10.2. The standard InChI is InChI=1S/C9H9BrFNO/c1-5-6(11)2-3-7(12)9(5)8(13)4-10/h2-3H,4,12H2,1H3. The topological polar surface area (TPSA) is 43.1 Å². The molecular weight excluding hydrogens is 237 g/mol. The van der Waals surface area contributed by atoms with Crippen molar-refractivity contribution in [1.82, 2.24) is 0 Å². The molecule has 1 aromatic rings. The summed E-state index contributed by atoms with van der Waals surface area (Å²) in [7, 11) is 0. The Morgan fingerprint density at radius 2 is 2.23 bits per heavy atom. The Kier molecular flexibility index (Phi) is 3.03. The van der Waals surface area contributed by atoms with Gasteiger partial charge in [-0.25, -0.2) is 4.39 Å². The van der Waals surface area contributed by atoms with Crippen molar-refractivity contribution in [3.63, 3.8) is 0 Å². The average Bonchev–Trinajstić information content (AvgIpc) is 2.12. The molecule has 0 aliphatic carbocycles. The van der Waals surface area contributed by atoms with Crippen molar-refractivity contribution in [3.05, 3.63) is 29.1 Å². The first-order valence-corrected chi connectivity index (χ1v) is 4.83. The molecular formula is C9H9BrFNO. The molecule has 0 aliphatic heterocycles. The molecule has 1 rings (SSSR count). The van der Waals surface area contributed by atoms with E-state index in [4.69, 9.17) is 5.73 Å². The lowest BCUT2D eigenvalue weighted by Gasteiger charge is -2.07. The highest BCUT2D eigenvalue weighted by Gasteiger charge is 2.14. The second kappa shape index (κ2) is 3.87. The van der Waals surface area contributed by atoms with Crippen molar-refractivity contribution in [2.24, 2.45) is 0 Å². The third-order valence-electron chi connectivity index (χ3n) is 1.83. The molecule has 0 fully saturated rings. The molecule has 0 spiro atoms. The van der Waals surface area contributed by atoms with Crippen molar-refractivity contribution in [2.75, 3.05) is 11.1 Å². The quantitative estimate of drug-likeness (QED) is 0.494. The van der Waals surface area contributed by atoms with Crippen LogP contribution in [0.1, 0.15) is 15.9 Å². The summed E-state index contributed by atoms with van der Waals surface area (Å²) in [5, 5.41) is 0.154. The summed E-state index contributed by atoms with van der Waals surface area (Å²) < 4.78 is 13.0. The van der Waals surface area contributed by atoms with Crippen molar-refractivity contribution in [2.45, 2.75) is 6.92 Å². The van der Waals surface area contributed by atoms with E-state index < -0.39 is 5.82 Å². The summed E-state index contributed by atoms with van der Waals surface area (Å²) in [6.07, 6.45) is 0. The highest BCUT2D eigenvalue weighted by molar-refractivity contribution is 9.09. The molecule has 70 valence electrons. The molecule has 0 saturated carbocycles. The lowest BCUT2D eigenvalue weighted by atomic mass is 10.0. The van der Waals surface area contributed by atoms with E-state index in [1.807, 2.05) is 0 Å². The van der Waals surface area contributed by atoms with Gasteiger partial charge in [0.05, 0.1) is 5.33 Å². The van der Waals surface area contributed by atoms with Crippen LogP contribution in [-0.4, -0.2) is 11.1 Å². The van der Waals surface area contributed by atoms with Crippen LogP contribution in [0, 0.1) is 12.7 Å². The van der Waals surface area contributed by atoms with E-state index in [0.717, 1.165) is 0 Å². The van der Waals surface area contributed by atoms with Crippen LogP contribution in [0.5, 0.6) is 0 Å². The molecule has 0 unspecified atom stereocenters. The summed E-state index contributed by atoms with van der Waals surface area (Å²) in [5.41, 5.74) is 6.47. The number of hydrogen-bond donors (Lipinski definition) is 1. The molecule has 0 heterocycles. The van der Waals surface area contributed by atoms with Crippen molar-refractivity contribution in [1.29, 1.82) is 0 Å². The molecule has 0 aromatic heterocycles. The fraction of sp³-hybridized carbons (Fsp3) is 0.222. The van der Waals surface area contributed by atoms with E-state index in [1.165, 1.54) is 12.1 Å². The third kappa shape index (κ3) is 1.88. The van der Waals surface area contributed by atoms with Crippen LogP contribution in [0.2, 0.25) is 0 Å². The lowest BCUT2D eigenvalue weighted by Crippen LogP contribution is -2.08. The average molecular weight is 246 g/mol. The van der Waals surface area contributed by atoms with E-state index >= 15 is 0 Å². The number of alkyl halides is 1. The van der Waals surface area contributed by atoms with Crippen LogP contribution in [0.15, 0.2) is 12.1 Å². The molecule has 0 amide bonds. The van der Waals surface area contributed by atoms with Crippen molar-refractivity contribution >= 4 is 27.4 Å². The predicted octanol–water partition coefficient (Wildman–Crippen LogP) is 2.29. The van der Waals surface area contributed by atoms with Crippen LogP contribution in [0.25, 0.3) is 0 Å². The zero-order chi connectivity index (χ0) is 10.0. The molecule has 4 heteroatoms. The van der Waals surface area contributed by atoms with Gasteiger partial charge in [0.15, 0.2) is 5.78 Å². The van der Waals surface area contributed by atoms with E-state index in [1.54, 1.807) is 6.92 Å². The number of anilines is 1. The summed E-state index contributed by atoms with van der Waals surface area (Å²) in [5.74, 6) is -0.604. The Hall–Kier alpha value is -0.900. The molecule has 0 aliphatic rings. The molecule has 2 nitrogen and oxygen atoms in total. The summed E-state index contributed by atoms with van der Waals surface area (Å²) in [6, 6.07) is 2.66. The normalized spacial score (nSPS) is 10.1. The molecule has 2 N–H and O–H groups in total. The van der Waals surface area contributed by atoms with Crippen LogP contribution >= 0.6 is 15.9 Å². The third-order valence-corrected chi connectivity index (χ3v) is 2.34. The molecule has 1 aromatic carbocycles. The van der Waals surface area contributed by atoms with E-state index in [2.05, 4.69) is 15.9 Å². The highest BCUT2D eigenvalue weighted by atomic mass is 79.9. The largest absolute Gasteiger partial charge is 0.398 e. The summed E-state index contributed by atoms with van der Waals surface area (Å²) >= 11 is 3.02. The van der Waals surface area contributed by atoms with Gasteiger partial charge in [-0.3, -0.25) is 4.79 Å². The Bertz CT molecular complexity index is 352. The van der Waals surface area contributed by atoms with Crippen molar-refractivity contribution in [3.8, 4) is 0 Å². The first-order chi connectivity index (χ1) is 6.07. The lowest BCUT2D eigenvalue weighted by molar-refractivity contribution is 0.102. The Morgan fingerprint density at radius 3 is 2.77 bits per heavy atom. The fourth-order valence-corrected chi connectivity index (χ4v) is 1.42. The summed E-state index contributed by atoms with van der Waals surface area (Å²) in [4.78, 5) is 11.3. The first-order valence-electron chi connectivity index (χ1n) is 3.71. The number of rotatable bonds is 2. The van der Waals surface area contributed by atoms with Gasteiger partial charge in [0.25, 0.3) is 0 Å². The number of ketones is 1. The van der Waals surface area contributed by atoms with Gasteiger partial charge in [-0.1, -0.05) is 15.9 Å². The van der Waals surface area contributed by atoms with Gasteiger partial charge in [0.2, 0.25) is 0 Å². The van der Waals surface area contributed by atoms with Gasteiger partial charge in [0, 0.05) is 11.3 Å². The zero-order valence-corrected chi connectivity index (χ0v) is 8.69. The van der Waals surface area contributed by atoms with Gasteiger partial charge in [-0.2, -0.15) is 0 Å². The highest BCUT2D eigenvalue weighted by Crippen LogP contribution is 2.20. The predicted molar refractivity (Wildman–Crippen MR) is 53.7 cm³/mol. The number of hydrogen-bond acceptors (Lipinski definition) is 2. The smallest absolute Gasteiger partial charge is 0.175 e. The molecule has 0 saturated heterocycles. The minimum Gasteiger partial charge on any atom is -0.398 e. The Labute approximate surface area is 84.1 Å². The zero-order valence-electron chi connectivity index (χ0n) is 7.10. The van der Waals surface area contributed by atoms with Gasteiger partial charge in [-0.05, 0) is 24.6 Å². The number of carbonyl (C=O) groups excluding carboxylic acids is 1. The van der Waals surface area contributed by atoms with Gasteiger partial charge >= 0.3 is 0 Å². The Balaban J connectivity index is 3.33. The Morgan fingerprint density at radius 1 is 1.62 bits per heavy atom. The van der Waals surface area contributed by atoms with Gasteiger partial charge in [-0.15, -0.1) is 0 Å². The number of Topliss-reactive ketones (excluding diaryl/α,β-unsaturated/α-hetero) is 1. The number of nitrogens with two attached hydrogens (primary N) is 1. The van der Waals surface area contributed by atoms with E-state index in [-0.39, 0.29) is 16.7 Å². The molecule has 0 atom stereocenters. The van der Waals surface area contributed by atoms with Gasteiger partial charge in [0.1, 0.15) is 5.82 Å².